The maximum atomic E-state index is 11.8. The first-order valence-corrected chi connectivity index (χ1v) is 8.41. The molecule has 0 aromatic heterocycles. The summed E-state index contributed by atoms with van der Waals surface area (Å²) in [6, 6.07) is 13.2. The number of anilines is 1. The second-order valence-corrected chi connectivity index (χ2v) is 5.73. The van der Waals surface area contributed by atoms with Crippen molar-refractivity contribution in [1.29, 1.82) is 0 Å². The number of methoxy groups -OCH3 is 1. The SMILES string of the molecule is CCOc1ccccc1CNC(=S)Nc1cccc(C(=O)OC)c1C. The van der Waals surface area contributed by atoms with Crippen LogP contribution in [0.4, 0.5) is 5.69 Å². The molecule has 0 aliphatic heterocycles. The summed E-state index contributed by atoms with van der Waals surface area (Å²) in [7, 11) is 1.36. The van der Waals surface area contributed by atoms with Gasteiger partial charge in [0.1, 0.15) is 5.75 Å². The van der Waals surface area contributed by atoms with Crippen molar-refractivity contribution >= 4 is 29.0 Å². The van der Waals surface area contributed by atoms with Crippen molar-refractivity contribution in [1.82, 2.24) is 5.32 Å². The fourth-order valence-electron chi connectivity index (χ4n) is 2.39. The van der Waals surface area contributed by atoms with Crippen molar-refractivity contribution in [3.05, 3.63) is 59.2 Å². The molecule has 0 fully saturated rings. The van der Waals surface area contributed by atoms with Crippen molar-refractivity contribution in [3.8, 4) is 5.75 Å². The van der Waals surface area contributed by atoms with Gasteiger partial charge in [0.2, 0.25) is 0 Å². The van der Waals surface area contributed by atoms with Gasteiger partial charge in [0.25, 0.3) is 0 Å². The average Bonchev–Trinajstić information content (AvgIpc) is 2.62. The molecule has 0 bridgehead atoms. The van der Waals surface area contributed by atoms with Crippen molar-refractivity contribution < 1.29 is 14.3 Å². The predicted molar refractivity (Wildman–Crippen MR) is 103 cm³/mol. The monoisotopic (exact) mass is 358 g/mol. The number of thiocarbonyl (C=S) groups is 1. The van der Waals surface area contributed by atoms with Gasteiger partial charge in [-0.05, 0) is 49.8 Å². The van der Waals surface area contributed by atoms with E-state index in [2.05, 4.69) is 10.6 Å². The zero-order chi connectivity index (χ0) is 18.2. The molecule has 0 atom stereocenters. The molecule has 25 heavy (non-hydrogen) atoms. The van der Waals surface area contributed by atoms with Crippen LogP contribution in [0.1, 0.15) is 28.4 Å². The standard InChI is InChI=1S/C19H22N2O3S/c1-4-24-17-11-6-5-8-14(17)12-20-19(25)21-16-10-7-9-15(13(16)2)18(22)23-3/h5-11H,4,12H2,1-3H3,(H2,20,21,25). The van der Waals surface area contributed by atoms with Gasteiger partial charge in [0, 0.05) is 17.8 Å². The van der Waals surface area contributed by atoms with Gasteiger partial charge in [0.05, 0.1) is 19.3 Å². The van der Waals surface area contributed by atoms with E-state index in [1.54, 1.807) is 12.1 Å². The van der Waals surface area contributed by atoms with Gasteiger partial charge < -0.3 is 20.1 Å². The number of carbonyl (C=O) groups excluding carboxylic acids is 1. The molecule has 2 aromatic rings. The van der Waals surface area contributed by atoms with E-state index in [0.717, 1.165) is 22.6 Å². The van der Waals surface area contributed by atoms with Crippen molar-refractivity contribution in [3.63, 3.8) is 0 Å². The molecule has 5 nitrogen and oxygen atoms in total. The van der Waals surface area contributed by atoms with E-state index in [4.69, 9.17) is 21.7 Å². The highest BCUT2D eigenvalue weighted by Gasteiger charge is 2.12. The largest absolute Gasteiger partial charge is 0.494 e. The van der Waals surface area contributed by atoms with Gasteiger partial charge >= 0.3 is 5.97 Å². The summed E-state index contributed by atoms with van der Waals surface area (Å²) in [6.07, 6.45) is 0. The number of rotatable bonds is 6. The summed E-state index contributed by atoms with van der Waals surface area (Å²) in [4.78, 5) is 11.8. The molecule has 132 valence electrons. The molecule has 2 aromatic carbocycles. The third-order valence-corrected chi connectivity index (χ3v) is 3.95. The van der Waals surface area contributed by atoms with Crippen LogP contribution in [0.2, 0.25) is 0 Å². The number of carbonyl (C=O) groups is 1. The average molecular weight is 358 g/mol. The van der Waals surface area contributed by atoms with Gasteiger partial charge in [-0.1, -0.05) is 24.3 Å². The lowest BCUT2D eigenvalue weighted by Crippen LogP contribution is -2.28. The van der Waals surface area contributed by atoms with E-state index >= 15 is 0 Å². The Morgan fingerprint density at radius 2 is 1.92 bits per heavy atom. The summed E-state index contributed by atoms with van der Waals surface area (Å²) in [6.45, 7) is 4.95. The Bertz CT molecular complexity index is 762. The molecule has 6 heteroatoms. The fraction of sp³-hybridized carbons (Fsp3) is 0.263. The Balaban J connectivity index is 2.03. The number of benzene rings is 2. The van der Waals surface area contributed by atoms with E-state index in [0.29, 0.717) is 23.8 Å². The Hall–Kier alpha value is -2.60. The summed E-state index contributed by atoms with van der Waals surface area (Å²) in [5.74, 6) is 0.467. The van der Waals surface area contributed by atoms with Crippen LogP contribution < -0.4 is 15.4 Å². The molecular weight excluding hydrogens is 336 g/mol. The molecule has 0 heterocycles. The second-order valence-electron chi connectivity index (χ2n) is 5.32. The van der Waals surface area contributed by atoms with Crippen LogP contribution in [0.25, 0.3) is 0 Å². The van der Waals surface area contributed by atoms with Crippen LogP contribution in [-0.2, 0) is 11.3 Å². The summed E-state index contributed by atoms with van der Waals surface area (Å²) >= 11 is 5.36. The highest BCUT2D eigenvalue weighted by molar-refractivity contribution is 7.80. The Labute approximate surface area is 153 Å². The quantitative estimate of drug-likeness (QED) is 0.607. The number of hydrogen-bond donors (Lipinski definition) is 2. The highest BCUT2D eigenvalue weighted by Crippen LogP contribution is 2.20. The molecule has 0 spiro atoms. The van der Waals surface area contributed by atoms with Gasteiger partial charge in [0.15, 0.2) is 5.11 Å². The van der Waals surface area contributed by atoms with E-state index < -0.39 is 0 Å². The van der Waals surface area contributed by atoms with Crippen LogP contribution >= 0.6 is 12.2 Å². The number of hydrogen-bond acceptors (Lipinski definition) is 4. The Morgan fingerprint density at radius 1 is 1.16 bits per heavy atom. The smallest absolute Gasteiger partial charge is 0.338 e. The molecule has 0 saturated carbocycles. The van der Waals surface area contributed by atoms with Crippen LogP contribution in [0.15, 0.2) is 42.5 Å². The first-order valence-electron chi connectivity index (χ1n) is 8.00. The molecule has 0 unspecified atom stereocenters. The zero-order valence-corrected chi connectivity index (χ0v) is 15.4. The van der Waals surface area contributed by atoms with Crippen LogP contribution in [0, 0.1) is 6.92 Å². The van der Waals surface area contributed by atoms with Crippen LogP contribution in [0.5, 0.6) is 5.75 Å². The summed E-state index contributed by atoms with van der Waals surface area (Å²) < 4.78 is 10.4. The molecular formula is C19H22N2O3S. The normalized spacial score (nSPS) is 10.0. The third-order valence-electron chi connectivity index (χ3n) is 3.70. The summed E-state index contributed by atoms with van der Waals surface area (Å²) in [5.41, 5.74) is 3.08. The van der Waals surface area contributed by atoms with E-state index in [9.17, 15) is 4.79 Å². The maximum absolute atomic E-state index is 11.8. The maximum Gasteiger partial charge on any atom is 0.338 e. The Morgan fingerprint density at radius 3 is 2.64 bits per heavy atom. The number of nitrogens with one attached hydrogen (secondary N) is 2. The second kappa shape index (κ2) is 9.03. The molecule has 2 rings (SSSR count). The Kier molecular flexibility index (Phi) is 6.77. The summed E-state index contributed by atoms with van der Waals surface area (Å²) in [5, 5.41) is 6.75. The fourth-order valence-corrected chi connectivity index (χ4v) is 2.57. The lowest BCUT2D eigenvalue weighted by atomic mass is 10.1. The van der Waals surface area contributed by atoms with E-state index in [1.165, 1.54) is 7.11 Å². The highest BCUT2D eigenvalue weighted by atomic mass is 32.1. The molecule has 0 amide bonds. The van der Waals surface area contributed by atoms with Crippen LogP contribution in [-0.4, -0.2) is 24.8 Å². The van der Waals surface area contributed by atoms with E-state index in [1.807, 2.05) is 44.2 Å². The van der Waals surface area contributed by atoms with E-state index in [-0.39, 0.29) is 5.97 Å². The minimum absolute atomic E-state index is 0.370. The van der Waals surface area contributed by atoms with Crippen molar-refractivity contribution in [2.45, 2.75) is 20.4 Å². The molecule has 0 aliphatic rings. The van der Waals surface area contributed by atoms with Crippen LogP contribution in [0.3, 0.4) is 0 Å². The first kappa shape index (κ1) is 18.7. The van der Waals surface area contributed by atoms with Crippen molar-refractivity contribution in [2.24, 2.45) is 0 Å². The number of ether oxygens (including phenoxy) is 2. The minimum Gasteiger partial charge on any atom is -0.494 e. The van der Waals surface area contributed by atoms with Crippen molar-refractivity contribution in [2.75, 3.05) is 19.0 Å². The molecule has 0 aliphatic carbocycles. The molecule has 2 N–H and O–H groups in total. The van der Waals surface area contributed by atoms with Gasteiger partial charge in [-0.25, -0.2) is 4.79 Å². The number of esters is 1. The topological polar surface area (TPSA) is 59.6 Å². The van der Waals surface area contributed by atoms with Gasteiger partial charge in [-0.3, -0.25) is 0 Å². The first-order chi connectivity index (χ1) is 12.1. The lowest BCUT2D eigenvalue weighted by Gasteiger charge is -2.15. The van der Waals surface area contributed by atoms with Gasteiger partial charge in [-0.2, -0.15) is 0 Å². The third kappa shape index (κ3) is 4.93. The molecule has 0 radical (unpaired) electrons. The molecule has 0 saturated heterocycles. The predicted octanol–water partition coefficient (Wildman–Crippen LogP) is 3.67. The van der Waals surface area contributed by atoms with Gasteiger partial charge in [-0.15, -0.1) is 0 Å². The zero-order valence-electron chi connectivity index (χ0n) is 14.6. The lowest BCUT2D eigenvalue weighted by molar-refractivity contribution is 0.0600. The number of para-hydroxylation sites is 1. The minimum atomic E-state index is -0.370.